The van der Waals surface area contributed by atoms with E-state index in [0.29, 0.717) is 25.7 Å². The summed E-state index contributed by atoms with van der Waals surface area (Å²) in [5.74, 6) is 1.66. The summed E-state index contributed by atoms with van der Waals surface area (Å²) < 4.78 is 17.1. The summed E-state index contributed by atoms with van der Waals surface area (Å²) in [6.07, 6.45) is 2.31. The molecule has 2 rings (SSSR count). The molecule has 1 unspecified atom stereocenters. The molecule has 1 aliphatic heterocycles. The number of aliphatic imine (C=N–C) groups is 1. The molecule has 0 saturated carbocycles. The van der Waals surface area contributed by atoms with Crippen LogP contribution in [-0.4, -0.2) is 77.1 Å². The Kier molecular flexibility index (Phi) is 10.6. The molecule has 0 aromatic heterocycles. The quantitative estimate of drug-likeness (QED) is 0.436. The normalized spacial score (nSPS) is 16.9. The maximum atomic E-state index is 6.01. The zero-order valence-electron chi connectivity index (χ0n) is 20.2. The van der Waals surface area contributed by atoms with Gasteiger partial charge in [-0.25, -0.2) is 0 Å². The number of nitrogens with one attached hydrogen (secondary N) is 2. The molecule has 0 radical (unpaired) electrons. The van der Waals surface area contributed by atoms with Crippen LogP contribution < -0.4 is 15.4 Å². The van der Waals surface area contributed by atoms with Crippen LogP contribution in [0.5, 0.6) is 5.75 Å². The van der Waals surface area contributed by atoms with Gasteiger partial charge in [0.05, 0.1) is 6.10 Å². The third-order valence-corrected chi connectivity index (χ3v) is 5.81. The van der Waals surface area contributed by atoms with Crippen molar-refractivity contribution < 1.29 is 14.2 Å². The average Bonchev–Trinajstić information content (AvgIpc) is 2.76. The second kappa shape index (κ2) is 12.9. The van der Waals surface area contributed by atoms with Crippen molar-refractivity contribution in [3.05, 3.63) is 29.8 Å². The molecule has 7 nitrogen and oxygen atoms in total. The molecule has 1 heterocycles. The number of likely N-dealkylation sites (N-methyl/N-ethyl adjacent to an activating group) is 1. The van der Waals surface area contributed by atoms with Gasteiger partial charge in [-0.05, 0) is 43.0 Å². The lowest BCUT2D eigenvalue weighted by Gasteiger charge is -2.31. The maximum absolute atomic E-state index is 6.01. The van der Waals surface area contributed by atoms with E-state index in [9.17, 15) is 0 Å². The molecule has 0 bridgehead atoms. The van der Waals surface area contributed by atoms with Crippen LogP contribution in [0.2, 0.25) is 0 Å². The van der Waals surface area contributed by atoms with Gasteiger partial charge in [-0.1, -0.05) is 32.9 Å². The van der Waals surface area contributed by atoms with Gasteiger partial charge in [0.25, 0.3) is 0 Å². The van der Waals surface area contributed by atoms with Crippen molar-refractivity contribution >= 4 is 5.96 Å². The van der Waals surface area contributed by atoms with Crippen molar-refractivity contribution in [1.82, 2.24) is 15.5 Å². The largest absolute Gasteiger partial charge is 0.492 e. The number of guanidine groups is 1. The van der Waals surface area contributed by atoms with Crippen LogP contribution in [0, 0.1) is 5.41 Å². The SMILES string of the molecule is CN=C(NCc1cccc(OCCN(C)C2CCOCC2)c1)NCC(OC)C(C)(C)C. The van der Waals surface area contributed by atoms with Crippen molar-refractivity contribution in [3.8, 4) is 5.75 Å². The predicted octanol–water partition coefficient (Wildman–Crippen LogP) is 2.90. The molecule has 31 heavy (non-hydrogen) atoms. The summed E-state index contributed by atoms with van der Waals surface area (Å²) in [6.45, 7) is 11.2. The van der Waals surface area contributed by atoms with Gasteiger partial charge in [-0.15, -0.1) is 0 Å². The third-order valence-electron chi connectivity index (χ3n) is 5.81. The highest BCUT2D eigenvalue weighted by Gasteiger charge is 2.24. The van der Waals surface area contributed by atoms with Gasteiger partial charge in [-0.2, -0.15) is 0 Å². The number of rotatable bonds is 10. The molecule has 1 atom stereocenters. The Balaban J connectivity index is 1.76. The van der Waals surface area contributed by atoms with E-state index >= 15 is 0 Å². The van der Waals surface area contributed by atoms with Crippen LogP contribution in [0.15, 0.2) is 29.3 Å². The van der Waals surface area contributed by atoms with E-state index in [4.69, 9.17) is 14.2 Å². The fourth-order valence-electron chi connectivity index (χ4n) is 3.70. The first-order valence-electron chi connectivity index (χ1n) is 11.3. The highest BCUT2D eigenvalue weighted by molar-refractivity contribution is 5.79. The second-order valence-corrected chi connectivity index (χ2v) is 9.22. The van der Waals surface area contributed by atoms with Crippen molar-refractivity contribution in [3.63, 3.8) is 0 Å². The molecular formula is C24H42N4O3. The lowest BCUT2D eigenvalue weighted by molar-refractivity contribution is 0.0205. The second-order valence-electron chi connectivity index (χ2n) is 9.22. The molecule has 0 aliphatic carbocycles. The van der Waals surface area contributed by atoms with Gasteiger partial charge in [0, 0.05) is 53.0 Å². The van der Waals surface area contributed by atoms with Crippen LogP contribution in [0.4, 0.5) is 0 Å². The number of ether oxygens (including phenoxy) is 3. The zero-order chi connectivity index (χ0) is 22.7. The fraction of sp³-hybridized carbons (Fsp3) is 0.708. The van der Waals surface area contributed by atoms with E-state index in [1.807, 2.05) is 12.1 Å². The first kappa shape index (κ1) is 25.4. The molecule has 1 fully saturated rings. The van der Waals surface area contributed by atoms with E-state index in [0.717, 1.165) is 49.9 Å². The highest BCUT2D eigenvalue weighted by Crippen LogP contribution is 2.21. The van der Waals surface area contributed by atoms with E-state index in [1.165, 1.54) is 0 Å². The third kappa shape index (κ3) is 9.05. The number of methoxy groups -OCH3 is 1. The Labute approximate surface area is 188 Å². The van der Waals surface area contributed by atoms with Gasteiger partial charge in [0.1, 0.15) is 12.4 Å². The minimum absolute atomic E-state index is 0.0606. The molecule has 176 valence electrons. The Morgan fingerprint density at radius 2 is 2.00 bits per heavy atom. The van der Waals surface area contributed by atoms with Crippen molar-refractivity contribution in [2.24, 2.45) is 10.4 Å². The Bertz CT molecular complexity index is 669. The van der Waals surface area contributed by atoms with Crippen LogP contribution in [0.1, 0.15) is 39.2 Å². The first-order chi connectivity index (χ1) is 14.8. The van der Waals surface area contributed by atoms with Crippen molar-refractivity contribution in [2.45, 2.75) is 52.3 Å². The molecule has 0 spiro atoms. The summed E-state index contributed by atoms with van der Waals surface area (Å²) in [5, 5.41) is 6.73. The maximum Gasteiger partial charge on any atom is 0.191 e. The minimum Gasteiger partial charge on any atom is -0.492 e. The molecule has 0 amide bonds. The molecule has 7 heteroatoms. The lowest BCUT2D eigenvalue weighted by Crippen LogP contribution is -2.45. The summed E-state index contributed by atoms with van der Waals surface area (Å²) >= 11 is 0. The molecule has 1 aromatic rings. The van der Waals surface area contributed by atoms with Crippen LogP contribution >= 0.6 is 0 Å². The topological polar surface area (TPSA) is 67.4 Å². The molecule has 1 aliphatic rings. The number of nitrogens with zero attached hydrogens (tertiary/aromatic N) is 2. The Hall–Kier alpha value is -1.83. The highest BCUT2D eigenvalue weighted by atomic mass is 16.5. The minimum atomic E-state index is 0.0606. The van der Waals surface area contributed by atoms with Crippen LogP contribution in [0.25, 0.3) is 0 Å². The smallest absolute Gasteiger partial charge is 0.191 e. The van der Waals surface area contributed by atoms with E-state index in [1.54, 1.807) is 14.2 Å². The van der Waals surface area contributed by atoms with Gasteiger partial charge >= 0.3 is 0 Å². The number of hydrogen-bond donors (Lipinski definition) is 2. The molecule has 2 N–H and O–H groups in total. The van der Waals surface area contributed by atoms with Crippen molar-refractivity contribution in [2.75, 3.05) is 54.1 Å². The number of hydrogen-bond acceptors (Lipinski definition) is 5. The van der Waals surface area contributed by atoms with Gasteiger partial charge in [-0.3, -0.25) is 9.89 Å². The monoisotopic (exact) mass is 434 g/mol. The summed E-state index contributed by atoms with van der Waals surface area (Å²) in [4.78, 5) is 6.70. The molecule has 1 aromatic carbocycles. The van der Waals surface area contributed by atoms with E-state index < -0.39 is 0 Å². The van der Waals surface area contributed by atoms with Gasteiger partial charge < -0.3 is 24.8 Å². The first-order valence-corrected chi connectivity index (χ1v) is 11.3. The van der Waals surface area contributed by atoms with Gasteiger partial charge in [0.2, 0.25) is 0 Å². The standard InChI is InChI=1S/C24H42N4O3/c1-24(2,3)22(29-6)18-27-23(25-4)26-17-19-8-7-9-21(16-19)31-15-12-28(5)20-10-13-30-14-11-20/h7-9,16,20,22H,10-15,17-18H2,1-6H3,(H2,25,26,27). The average molecular weight is 435 g/mol. The molecular weight excluding hydrogens is 392 g/mol. The Morgan fingerprint density at radius 3 is 2.65 bits per heavy atom. The predicted molar refractivity (Wildman–Crippen MR) is 127 cm³/mol. The Morgan fingerprint density at radius 1 is 1.26 bits per heavy atom. The van der Waals surface area contributed by atoms with Crippen molar-refractivity contribution in [1.29, 1.82) is 0 Å². The zero-order valence-corrected chi connectivity index (χ0v) is 20.2. The number of benzene rings is 1. The lowest BCUT2D eigenvalue weighted by atomic mass is 9.89. The van der Waals surface area contributed by atoms with Crippen LogP contribution in [0.3, 0.4) is 0 Å². The van der Waals surface area contributed by atoms with Gasteiger partial charge in [0.15, 0.2) is 5.96 Å². The van der Waals surface area contributed by atoms with E-state index in [2.05, 4.69) is 60.5 Å². The molecule has 1 saturated heterocycles. The van der Waals surface area contributed by atoms with Crippen LogP contribution in [-0.2, 0) is 16.0 Å². The fourth-order valence-corrected chi connectivity index (χ4v) is 3.70. The summed E-state index contributed by atoms with van der Waals surface area (Å²) in [5.41, 5.74) is 1.21. The summed E-state index contributed by atoms with van der Waals surface area (Å²) in [6, 6.07) is 8.82. The van der Waals surface area contributed by atoms with E-state index in [-0.39, 0.29) is 11.5 Å². The summed E-state index contributed by atoms with van der Waals surface area (Å²) in [7, 11) is 5.70.